The standard InChI is InChI=1S/C8H18N2O/c1-7-8(3-6-11-7)10-5-2-4-9/h7-8,10H,2-6,9H2,1H3. The number of nitrogens with one attached hydrogen (secondary N) is 1. The van der Waals surface area contributed by atoms with Crippen LogP contribution in [0, 0.1) is 0 Å². The van der Waals surface area contributed by atoms with E-state index >= 15 is 0 Å². The zero-order valence-electron chi connectivity index (χ0n) is 7.18. The smallest absolute Gasteiger partial charge is 0.0700 e. The SMILES string of the molecule is CC1OCCC1NCCCN. The van der Waals surface area contributed by atoms with Crippen molar-refractivity contribution in [1.82, 2.24) is 5.32 Å². The molecular formula is C8H18N2O. The topological polar surface area (TPSA) is 47.3 Å². The van der Waals surface area contributed by atoms with Gasteiger partial charge in [-0.25, -0.2) is 0 Å². The lowest BCUT2D eigenvalue weighted by atomic mass is 10.1. The minimum atomic E-state index is 0.382. The lowest BCUT2D eigenvalue weighted by Crippen LogP contribution is -2.35. The minimum absolute atomic E-state index is 0.382. The Morgan fingerprint density at radius 1 is 1.64 bits per heavy atom. The van der Waals surface area contributed by atoms with Crippen LogP contribution in [0.15, 0.2) is 0 Å². The van der Waals surface area contributed by atoms with E-state index in [2.05, 4.69) is 12.2 Å². The van der Waals surface area contributed by atoms with Crippen LogP contribution < -0.4 is 11.1 Å². The molecule has 2 unspecified atom stereocenters. The maximum atomic E-state index is 5.40. The molecule has 0 aromatic carbocycles. The zero-order chi connectivity index (χ0) is 8.10. The fourth-order valence-corrected chi connectivity index (χ4v) is 1.39. The number of hydrogen-bond donors (Lipinski definition) is 2. The van der Waals surface area contributed by atoms with Crippen LogP contribution in [-0.2, 0) is 4.74 Å². The van der Waals surface area contributed by atoms with Crippen LogP contribution in [0.4, 0.5) is 0 Å². The van der Waals surface area contributed by atoms with Crippen LogP contribution in [-0.4, -0.2) is 31.8 Å². The van der Waals surface area contributed by atoms with Crippen molar-refractivity contribution in [2.75, 3.05) is 19.7 Å². The summed E-state index contributed by atoms with van der Waals surface area (Å²) in [6.07, 6.45) is 2.59. The Hall–Kier alpha value is -0.120. The van der Waals surface area contributed by atoms with Crippen molar-refractivity contribution in [2.45, 2.75) is 31.9 Å². The van der Waals surface area contributed by atoms with E-state index < -0.39 is 0 Å². The van der Waals surface area contributed by atoms with Crippen molar-refractivity contribution in [3.8, 4) is 0 Å². The largest absolute Gasteiger partial charge is 0.377 e. The summed E-state index contributed by atoms with van der Waals surface area (Å²) in [5, 5.41) is 3.43. The molecule has 0 radical (unpaired) electrons. The maximum Gasteiger partial charge on any atom is 0.0700 e. The fourth-order valence-electron chi connectivity index (χ4n) is 1.39. The highest BCUT2D eigenvalue weighted by molar-refractivity contribution is 4.78. The first-order valence-electron chi connectivity index (χ1n) is 4.39. The molecule has 3 N–H and O–H groups in total. The highest BCUT2D eigenvalue weighted by atomic mass is 16.5. The molecule has 1 heterocycles. The summed E-state index contributed by atoms with van der Waals surface area (Å²) in [6.45, 7) is 4.82. The van der Waals surface area contributed by atoms with Crippen LogP contribution >= 0.6 is 0 Å². The fraction of sp³-hybridized carbons (Fsp3) is 1.00. The predicted molar refractivity (Wildman–Crippen MR) is 45.5 cm³/mol. The Kier molecular flexibility index (Phi) is 3.83. The third-order valence-corrected chi connectivity index (χ3v) is 2.16. The highest BCUT2D eigenvalue weighted by Gasteiger charge is 2.22. The van der Waals surface area contributed by atoms with Gasteiger partial charge in [0, 0.05) is 12.6 Å². The Bertz CT molecular complexity index is 108. The summed E-state index contributed by atoms with van der Waals surface area (Å²) in [6, 6.07) is 0.557. The molecule has 3 nitrogen and oxygen atoms in total. The molecule has 3 heteroatoms. The minimum Gasteiger partial charge on any atom is -0.377 e. The first-order valence-corrected chi connectivity index (χ1v) is 4.39. The number of hydrogen-bond acceptors (Lipinski definition) is 3. The molecule has 11 heavy (non-hydrogen) atoms. The summed E-state index contributed by atoms with van der Waals surface area (Å²) >= 11 is 0. The normalized spacial score (nSPS) is 31.1. The molecule has 0 aromatic heterocycles. The van der Waals surface area contributed by atoms with E-state index in [0.29, 0.717) is 12.1 Å². The van der Waals surface area contributed by atoms with E-state index in [-0.39, 0.29) is 0 Å². The van der Waals surface area contributed by atoms with Crippen LogP contribution in [0.2, 0.25) is 0 Å². The molecule has 1 saturated heterocycles. The molecule has 0 bridgehead atoms. The quantitative estimate of drug-likeness (QED) is 0.571. The molecule has 1 aliphatic heterocycles. The molecule has 0 saturated carbocycles. The molecular weight excluding hydrogens is 140 g/mol. The Morgan fingerprint density at radius 2 is 2.45 bits per heavy atom. The van der Waals surface area contributed by atoms with Crippen molar-refractivity contribution < 1.29 is 4.74 Å². The van der Waals surface area contributed by atoms with Gasteiger partial charge in [-0.1, -0.05) is 0 Å². The van der Waals surface area contributed by atoms with Gasteiger partial charge in [0.1, 0.15) is 0 Å². The molecule has 66 valence electrons. The molecule has 2 atom stereocenters. The monoisotopic (exact) mass is 158 g/mol. The van der Waals surface area contributed by atoms with Gasteiger partial charge in [-0.3, -0.25) is 0 Å². The van der Waals surface area contributed by atoms with Crippen LogP contribution in [0.5, 0.6) is 0 Å². The van der Waals surface area contributed by atoms with Crippen LogP contribution in [0.1, 0.15) is 19.8 Å². The van der Waals surface area contributed by atoms with E-state index in [1.807, 2.05) is 0 Å². The van der Waals surface area contributed by atoms with Crippen molar-refractivity contribution in [3.63, 3.8) is 0 Å². The van der Waals surface area contributed by atoms with Crippen molar-refractivity contribution in [3.05, 3.63) is 0 Å². The lowest BCUT2D eigenvalue weighted by molar-refractivity contribution is 0.113. The van der Waals surface area contributed by atoms with Gasteiger partial charge in [0.15, 0.2) is 0 Å². The highest BCUT2D eigenvalue weighted by Crippen LogP contribution is 2.11. The van der Waals surface area contributed by atoms with Gasteiger partial charge in [0.05, 0.1) is 6.10 Å². The lowest BCUT2D eigenvalue weighted by Gasteiger charge is -2.15. The van der Waals surface area contributed by atoms with Crippen LogP contribution in [0.3, 0.4) is 0 Å². The summed E-state index contributed by atoms with van der Waals surface area (Å²) < 4.78 is 5.40. The van der Waals surface area contributed by atoms with Crippen molar-refractivity contribution in [1.29, 1.82) is 0 Å². The zero-order valence-corrected chi connectivity index (χ0v) is 7.18. The van der Waals surface area contributed by atoms with Gasteiger partial charge in [-0.2, -0.15) is 0 Å². The first-order chi connectivity index (χ1) is 5.34. The second-order valence-corrected chi connectivity index (χ2v) is 3.07. The van der Waals surface area contributed by atoms with E-state index in [1.165, 1.54) is 0 Å². The Morgan fingerprint density at radius 3 is 3.00 bits per heavy atom. The van der Waals surface area contributed by atoms with Gasteiger partial charge in [0.2, 0.25) is 0 Å². The number of ether oxygens (including phenoxy) is 1. The van der Waals surface area contributed by atoms with Gasteiger partial charge in [-0.15, -0.1) is 0 Å². The van der Waals surface area contributed by atoms with Gasteiger partial charge in [0.25, 0.3) is 0 Å². The first kappa shape index (κ1) is 8.97. The average molecular weight is 158 g/mol. The van der Waals surface area contributed by atoms with Crippen molar-refractivity contribution >= 4 is 0 Å². The van der Waals surface area contributed by atoms with E-state index in [9.17, 15) is 0 Å². The maximum absolute atomic E-state index is 5.40. The Labute approximate surface area is 68.3 Å². The molecule has 0 spiro atoms. The summed E-state index contributed by atoms with van der Waals surface area (Å²) in [5.74, 6) is 0. The molecule has 1 aliphatic rings. The third kappa shape index (κ3) is 2.77. The molecule has 1 fully saturated rings. The summed E-state index contributed by atoms with van der Waals surface area (Å²) in [4.78, 5) is 0. The van der Waals surface area contributed by atoms with E-state index in [0.717, 1.165) is 32.5 Å². The molecule has 0 aliphatic carbocycles. The summed E-state index contributed by atoms with van der Waals surface area (Å²) in [5.41, 5.74) is 5.38. The van der Waals surface area contributed by atoms with Crippen molar-refractivity contribution in [2.24, 2.45) is 5.73 Å². The number of rotatable bonds is 4. The predicted octanol–water partition coefficient (Wildman–Crippen LogP) is 0.102. The Balaban J connectivity index is 2.05. The van der Waals surface area contributed by atoms with Gasteiger partial charge >= 0.3 is 0 Å². The van der Waals surface area contributed by atoms with Crippen LogP contribution in [0.25, 0.3) is 0 Å². The molecule has 0 amide bonds. The second-order valence-electron chi connectivity index (χ2n) is 3.07. The van der Waals surface area contributed by atoms with E-state index in [1.54, 1.807) is 0 Å². The average Bonchev–Trinajstić information content (AvgIpc) is 2.37. The summed E-state index contributed by atoms with van der Waals surface area (Å²) in [7, 11) is 0. The number of nitrogens with two attached hydrogens (primary N) is 1. The molecule has 1 rings (SSSR count). The van der Waals surface area contributed by atoms with E-state index in [4.69, 9.17) is 10.5 Å². The second kappa shape index (κ2) is 4.70. The van der Waals surface area contributed by atoms with Gasteiger partial charge in [-0.05, 0) is 32.9 Å². The molecule has 0 aromatic rings. The third-order valence-electron chi connectivity index (χ3n) is 2.16. The van der Waals surface area contributed by atoms with Gasteiger partial charge < -0.3 is 15.8 Å².